The lowest BCUT2D eigenvalue weighted by molar-refractivity contribution is -0.118. The molecule has 0 saturated heterocycles. The Morgan fingerprint density at radius 1 is 1.14 bits per heavy atom. The van der Waals surface area contributed by atoms with E-state index in [4.69, 9.17) is 10.5 Å². The Hall–Kier alpha value is -2.90. The number of amides is 1. The highest BCUT2D eigenvalue weighted by atomic mass is 35.5. The van der Waals surface area contributed by atoms with Crippen molar-refractivity contribution in [2.75, 3.05) is 11.9 Å². The topological polar surface area (TPSA) is 106 Å². The number of rotatable bonds is 6. The highest BCUT2D eigenvalue weighted by molar-refractivity contribution is 5.92. The summed E-state index contributed by atoms with van der Waals surface area (Å²) in [6.07, 6.45) is 0. The molecule has 0 bridgehead atoms. The molecule has 0 unspecified atom stereocenters. The van der Waals surface area contributed by atoms with Crippen LogP contribution in [0.4, 0.5) is 5.69 Å². The van der Waals surface area contributed by atoms with Crippen LogP contribution >= 0.6 is 12.4 Å². The molecule has 0 aliphatic rings. The molecule has 0 radical (unpaired) electrons. The number of anilines is 1. The van der Waals surface area contributed by atoms with Crippen LogP contribution in [0.1, 0.15) is 32.2 Å². The molecule has 4 N–H and O–H groups in total. The molecule has 154 valence electrons. The maximum Gasteiger partial charge on any atom is 0.262 e. The molecule has 8 heteroatoms. The molecule has 29 heavy (non-hydrogen) atoms. The first-order valence-corrected chi connectivity index (χ1v) is 9.11. The number of aromatic nitrogens is 3. The average Bonchev–Trinajstić information content (AvgIpc) is 3.16. The fraction of sp³-hybridized carbons (Fsp3) is 0.286. The standard InChI is InChI=1S/C21H25N5O2.ClH/c1-21(2,3)16-6-4-5-7-17(16)28-13-19(27)23-15-10-8-14(9-11-15)20-24-18(12-22)25-26-20;/h4-11H,12-13,22H2,1-3H3,(H,23,27)(H,24,25,26);1H. The monoisotopic (exact) mass is 415 g/mol. The van der Waals surface area contributed by atoms with Crippen molar-refractivity contribution < 1.29 is 9.53 Å². The molecule has 1 amide bonds. The number of halogens is 1. The molecule has 0 fully saturated rings. The normalized spacial score (nSPS) is 10.9. The van der Waals surface area contributed by atoms with Crippen molar-refractivity contribution in [1.82, 2.24) is 15.2 Å². The predicted molar refractivity (Wildman–Crippen MR) is 116 cm³/mol. The Bertz CT molecular complexity index is 948. The van der Waals surface area contributed by atoms with Crippen molar-refractivity contribution in [2.24, 2.45) is 5.73 Å². The van der Waals surface area contributed by atoms with E-state index in [0.717, 1.165) is 16.9 Å². The van der Waals surface area contributed by atoms with Crippen LogP contribution in [-0.4, -0.2) is 27.7 Å². The molecule has 0 aliphatic carbocycles. The van der Waals surface area contributed by atoms with Crippen LogP contribution in [0.3, 0.4) is 0 Å². The first-order chi connectivity index (χ1) is 13.4. The number of ether oxygens (including phenoxy) is 1. The van der Waals surface area contributed by atoms with Gasteiger partial charge in [0.25, 0.3) is 5.91 Å². The number of hydrogen-bond donors (Lipinski definition) is 3. The Morgan fingerprint density at radius 3 is 2.45 bits per heavy atom. The second-order valence-electron chi connectivity index (χ2n) is 7.47. The second-order valence-corrected chi connectivity index (χ2v) is 7.47. The number of carbonyl (C=O) groups excluding carboxylic acids is 1. The number of nitrogens with zero attached hydrogens (tertiary/aromatic N) is 2. The van der Waals surface area contributed by atoms with Gasteiger partial charge in [-0.15, -0.1) is 12.4 Å². The lowest BCUT2D eigenvalue weighted by atomic mass is 9.86. The maximum atomic E-state index is 12.3. The number of hydrogen-bond acceptors (Lipinski definition) is 5. The molecule has 3 aromatic rings. The Kier molecular flexibility index (Phi) is 7.36. The number of nitrogens with two attached hydrogens (primary N) is 1. The van der Waals surface area contributed by atoms with Gasteiger partial charge in [0.05, 0.1) is 6.54 Å². The quantitative estimate of drug-likeness (QED) is 0.569. The lowest BCUT2D eigenvalue weighted by Gasteiger charge is -2.22. The van der Waals surface area contributed by atoms with Crippen molar-refractivity contribution in [2.45, 2.75) is 32.7 Å². The zero-order valence-corrected chi connectivity index (χ0v) is 17.5. The molecule has 0 spiro atoms. The third-order valence-electron chi connectivity index (χ3n) is 4.21. The Labute approximate surface area is 176 Å². The van der Waals surface area contributed by atoms with Crippen molar-refractivity contribution >= 4 is 24.0 Å². The highest BCUT2D eigenvalue weighted by Crippen LogP contribution is 2.30. The van der Waals surface area contributed by atoms with Crippen LogP contribution in [0.15, 0.2) is 48.5 Å². The van der Waals surface area contributed by atoms with Gasteiger partial charge in [0.15, 0.2) is 12.4 Å². The average molecular weight is 416 g/mol. The molecule has 1 heterocycles. The molecule has 0 atom stereocenters. The zero-order chi connectivity index (χ0) is 20.1. The molecular formula is C21H26ClN5O2. The molecule has 7 nitrogen and oxygen atoms in total. The van der Waals surface area contributed by atoms with Gasteiger partial charge in [-0.25, -0.2) is 4.98 Å². The van der Waals surface area contributed by atoms with Crippen LogP contribution in [0, 0.1) is 0 Å². The smallest absolute Gasteiger partial charge is 0.262 e. The number of nitrogens with one attached hydrogen (secondary N) is 2. The van der Waals surface area contributed by atoms with Gasteiger partial charge < -0.3 is 15.8 Å². The lowest BCUT2D eigenvalue weighted by Crippen LogP contribution is -2.21. The summed E-state index contributed by atoms with van der Waals surface area (Å²) in [5.41, 5.74) is 8.05. The van der Waals surface area contributed by atoms with E-state index in [1.54, 1.807) is 12.1 Å². The van der Waals surface area contributed by atoms with Crippen LogP contribution in [0.5, 0.6) is 5.75 Å². The summed E-state index contributed by atoms with van der Waals surface area (Å²) in [6, 6.07) is 15.1. The molecule has 2 aromatic carbocycles. The van der Waals surface area contributed by atoms with E-state index >= 15 is 0 Å². The van der Waals surface area contributed by atoms with Crippen molar-refractivity contribution in [3.63, 3.8) is 0 Å². The SMILES string of the molecule is CC(C)(C)c1ccccc1OCC(=O)Nc1ccc(-c2n[nH]c(CN)n2)cc1.Cl. The van der Waals surface area contributed by atoms with Crippen LogP contribution in [-0.2, 0) is 16.8 Å². The van der Waals surface area contributed by atoms with Gasteiger partial charge in [-0.05, 0) is 41.3 Å². The van der Waals surface area contributed by atoms with Gasteiger partial charge in [-0.3, -0.25) is 9.89 Å². The third-order valence-corrected chi connectivity index (χ3v) is 4.21. The minimum absolute atomic E-state index is 0. The zero-order valence-electron chi connectivity index (χ0n) is 16.7. The largest absolute Gasteiger partial charge is 0.483 e. The minimum Gasteiger partial charge on any atom is -0.483 e. The van der Waals surface area contributed by atoms with E-state index in [1.165, 1.54) is 0 Å². The first-order valence-electron chi connectivity index (χ1n) is 9.11. The molecule has 3 rings (SSSR count). The molecule has 1 aromatic heterocycles. The van der Waals surface area contributed by atoms with Gasteiger partial charge in [-0.2, -0.15) is 5.10 Å². The van der Waals surface area contributed by atoms with E-state index in [0.29, 0.717) is 23.9 Å². The number of H-pyrrole nitrogens is 1. The fourth-order valence-electron chi connectivity index (χ4n) is 2.77. The van der Waals surface area contributed by atoms with E-state index < -0.39 is 0 Å². The molecule has 0 aliphatic heterocycles. The van der Waals surface area contributed by atoms with E-state index in [1.807, 2.05) is 36.4 Å². The van der Waals surface area contributed by atoms with Gasteiger partial charge in [0.1, 0.15) is 11.6 Å². The Balaban J connectivity index is 0.00000300. The molecule has 0 saturated carbocycles. The van der Waals surface area contributed by atoms with Crippen molar-refractivity contribution in [1.29, 1.82) is 0 Å². The third kappa shape index (κ3) is 5.79. The summed E-state index contributed by atoms with van der Waals surface area (Å²) in [4.78, 5) is 16.5. The van der Waals surface area contributed by atoms with E-state index in [-0.39, 0.29) is 30.3 Å². The van der Waals surface area contributed by atoms with Gasteiger partial charge in [-0.1, -0.05) is 39.0 Å². The summed E-state index contributed by atoms with van der Waals surface area (Å²) in [5, 5.41) is 9.72. The van der Waals surface area contributed by atoms with Crippen LogP contribution < -0.4 is 15.8 Å². The minimum atomic E-state index is -0.222. The summed E-state index contributed by atoms with van der Waals surface area (Å²) in [7, 11) is 0. The second kappa shape index (κ2) is 9.54. The Morgan fingerprint density at radius 2 is 1.83 bits per heavy atom. The van der Waals surface area contributed by atoms with E-state index in [9.17, 15) is 4.79 Å². The number of aromatic amines is 1. The summed E-state index contributed by atoms with van der Waals surface area (Å²) >= 11 is 0. The first kappa shape index (κ1) is 22.4. The highest BCUT2D eigenvalue weighted by Gasteiger charge is 2.19. The summed E-state index contributed by atoms with van der Waals surface area (Å²) in [6.45, 7) is 6.58. The van der Waals surface area contributed by atoms with Gasteiger partial charge in [0.2, 0.25) is 0 Å². The summed E-state index contributed by atoms with van der Waals surface area (Å²) < 4.78 is 5.76. The van der Waals surface area contributed by atoms with Crippen LogP contribution in [0.2, 0.25) is 0 Å². The number of para-hydroxylation sites is 1. The maximum absolute atomic E-state index is 12.3. The van der Waals surface area contributed by atoms with Crippen molar-refractivity contribution in [3.8, 4) is 17.1 Å². The van der Waals surface area contributed by atoms with Crippen molar-refractivity contribution in [3.05, 3.63) is 59.9 Å². The van der Waals surface area contributed by atoms with E-state index in [2.05, 4.69) is 41.3 Å². The van der Waals surface area contributed by atoms with Gasteiger partial charge >= 0.3 is 0 Å². The van der Waals surface area contributed by atoms with Crippen LogP contribution in [0.25, 0.3) is 11.4 Å². The number of carbonyl (C=O) groups is 1. The fourth-order valence-corrected chi connectivity index (χ4v) is 2.77. The van der Waals surface area contributed by atoms with Gasteiger partial charge in [0, 0.05) is 11.3 Å². The number of benzene rings is 2. The summed E-state index contributed by atoms with van der Waals surface area (Å²) in [5.74, 6) is 1.70. The predicted octanol–water partition coefficient (Wildman–Crippen LogP) is 3.67. The molecular weight excluding hydrogens is 390 g/mol.